The first-order valence-electron chi connectivity index (χ1n) is 6.11. The van der Waals surface area contributed by atoms with E-state index in [2.05, 4.69) is 37.6 Å². The van der Waals surface area contributed by atoms with E-state index >= 15 is 0 Å². The van der Waals surface area contributed by atoms with Gasteiger partial charge in [-0.25, -0.2) is 0 Å². The minimum absolute atomic E-state index is 0.158. The molecule has 1 aliphatic rings. The molecule has 1 aromatic carbocycles. The maximum absolute atomic E-state index is 10.3. The van der Waals surface area contributed by atoms with Crippen molar-refractivity contribution in [1.29, 1.82) is 0 Å². The maximum atomic E-state index is 10.3. The standard InChI is InChI=1S/C14H21NOS/c1-14(2)9-8-12(15-14)13(16)10-4-6-11(17-3)7-5-10/h4-7,12-13,15-16H,8-9H2,1-3H3/t12-,13?/m0/s1. The molecule has 1 fully saturated rings. The molecule has 1 aromatic rings. The summed E-state index contributed by atoms with van der Waals surface area (Å²) in [4.78, 5) is 1.24. The van der Waals surface area contributed by atoms with Crippen LogP contribution in [0.3, 0.4) is 0 Å². The van der Waals surface area contributed by atoms with Crippen LogP contribution in [0.2, 0.25) is 0 Å². The quantitative estimate of drug-likeness (QED) is 0.810. The lowest BCUT2D eigenvalue weighted by atomic mass is 10.0. The highest BCUT2D eigenvalue weighted by Crippen LogP contribution is 2.30. The van der Waals surface area contributed by atoms with Crippen molar-refractivity contribution in [2.24, 2.45) is 0 Å². The summed E-state index contributed by atoms with van der Waals surface area (Å²) in [6.07, 6.45) is 3.83. The number of hydrogen-bond donors (Lipinski definition) is 2. The number of thioether (sulfide) groups is 1. The zero-order chi connectivity index (χ0) is 12.5. The highest BCUT2D eigenvalue weighted by molar-refractivity contribution is 7.98. The molecule has 1 saturated heterocycles. The summed E-state index contributed by atoms with van der Waals surface area (Å²) < 4.78 is 0. The molecule has 0 amide bonds. The molecule has 0 aliphatic carbocycles. The Hall–Kier alpha value is -0.510. The third kappa shape index (κ3) is 3.03. The molecule has 2 N–H and O–H groups in total. The summed E-state index contributed by atoms with van der Waals surface area (Å²) >= 11 is 1.72. The second-order valence-corrected chi connectivity index (χ2v) is 6.27. The second kappa shape index (κ2) is 5.01. The first-order valence-corrected chi connectivity index (χ1v) is 7.34. The molecular formula is C14H21NOS. The van der Waals surface area contributed by atoms with Gasteiger partial charge in [0.2, 0.25) is 0 Å². The Bertz CT molecular complexity index is 374. The van der Waals surface area contributed by atoms with Gasteiger partial charge in [-0.2, -0.15) is 0 Å². The molecular weight excluding hydrogens is 230 g/mol. The Labute approximate surface area is 108 Å². The van der Waals surface area contributed by atoms with Crippen LogP contribution in [-0.4, -0.2) is 22.9 Å². The lowest BCUT2D eigenvalue weighted by Crippen LogP contribution is -2.40. The van der Waals surface area contributed by atoms with Gasteiger partial charge in [0.25, 0.3) is 0 Å². The zero-order valence-corrected chi connectivity index (χ0v) is 11.6. The molecule has 0 bridgehead atoms. The molecule has 2 nitrogen and oxygen atoms in total. The Morgan fingerprint density at radius 3 is 2.47 bits per heavy atom. The SMILES string of the molecule is CSc1ccc(C(O)[C@@H]2CCC(C)(C)N2)cc1. The van der Waals surface area contributed by atoms with E-state index in [0.717, 1.165) is 18.4 Å². The molecule has 2 atom stereocenters. The first-order chi connectivity index (χ1) is 8.02. The van der Waals surface area contributed by atoms with Gasteiger partial charge >= 0.3 is 0 Å². The monoisotopic (exact) mass is 251 g/mol. The third-order valence-electron chi connectivity index (χ3n) is 3.49. The highest BCUT2D eigenvalue weighted by atomic mass is 32.2. The Kier molecular flexibility index (Phi) is 3.81. The average Bonchev–Trinajstić information content (AvgIpc) is 2.69. The van der Waals surface area contributed by atoms with Crippen molar-refractivity contribution in [3.05, 3.63) is 29.8 Å². The number of hydrogen-bond acceptors (Lipinski definition) is 3. The van der Waals surface area contributed by atoms with Crippen LogP contribution >= 0.6 is 11.8 Å². The normalized spacial score (nSPS) is 24.8. The van der Waals surface area contributed by atoms with Crippen molar-refractivity contribution in [1.82, 2.24) is 5.32 Å². The second-order valence-electron chi connectivity index (χ2n) is 5.39. The zero-order valence-electron chi connectivity index (χ0n) is 10.7. The number of aliphatic hydroxyl groups excluding tert-OH is 1. The molecule has 17 heavy (non-hydrogen) atoms. The van der Waals surface area contributed by atoms with Gasteiger partial charge < -0.3 is 10.4 Å². The Morgan fingerprint density at radius 2 is 2.00 bits per heavy atom. The van der Waals surface area contributed by atoms with E-state index in [9.17, 15) is 5.11 Å². The van der Waals surface area contributed by atoms with Gasteiger partial charge in [0.15, 0.2) is 0 Å². The van der Waals surface area contributed by atoms with Gasteiger partial charge in [0.1, 0.15) is 0 Å². The number of aliphatic hydroxyl groups is 1. The van der Waals surface area contributed by atoms with Crippen LogP contribution in [-0.2, 0) is 0 Å². The van der Waals surface area contributed by atoms with Crippen LogP contribution in [0.4, 0.5) is 0 Å². The van der Waals surface area contributed by atoms with E-state index in [0.29, 0.717) is 0 Å². The van der Waals surface area contributed by atoms with E-state index in [1.807, 2.05) is 12.1 Å². The largest absolute Gasteiger partial charge is 0.387 e. The molecule has 0 spiro atoms. The van der Waals surface area contributed by atoms with Crippen LogP contribution in [0, 0.1) is 0 Å². The number of rotatable bonds is 3. The molecule has 2 rings (SSSR count). The summed E-state index contributed by atoms with van der Waals surface area (Å²) in [5.41, 5.74) is 1.17. The van der Waals surface area contributed by atoms with Crippen LogP contribution in [0.5, 0.6) is 0 Å². The van der Waals surface area contributed by atoms with Gasteiger partial charge in [-0.3, -0.25) is 0 Å². The van der Waals surface area contributed by atoms with Crippen LogP contribution in [0.25, 0.3) is 0 Å². The van der Waals surface area contributed by atoms with Crippen molar-refractivity contribution in [3.8, 4) is 0 Å². The Balaban J connectivity index is 2.06. The minimum atomic E-state index is -0.396. The smallest absolute Gasteiger partial charge is 0.0943 e. The summed E-state index contributed by atoms with van der Waals surface area (Å²) in [5.74, 6) is 0. The van der Waals surface area contributed by atoms with Crippen molar-refractivity contribution in [3.63, 3.8) is 0 Å². The Morgan fingerprint density at radius 1 is 1.35 bits per heavy atom. The van der Waals surface area contributed by atoms with Crippen molar-refractivity contribution < 1.29 is 5.11 Å². The van der Waals surface area contributed by atoms with Crippen LogP contribution in [0.1, 0.15) is 38.4 Å². The van der Waals surface area contributed by atoms with Gasteiger partial charge in [0.05, 0.1) is 6.10 Å². The third-order valence-corrected chi connectivity index (χ3v) is 4.24. The molecule has 3 heteroatoms. The van der Waals surface area contributed by atoms with Crippen molar-refractivity contribution >= 4 is 11.8 Å². The van der Waals surface area contributed by atoms with Gasteiger partial charge in [0, 0.05) is 16.5 Å². The molecule has 1 aliphatic heterocycles. The van der Waals surface area contributed by atoms with E-state index in [1.54, 1.807) is 11.8 Å². The first kappa shape index (κ1) is 12.9. The molecule has 0 saturated carbocycles. The molecule has 0 aromatic heterocycles. The lowest BCUT2D eigenvalue weighted by molar-refractivity contribution is 0.131. The van der Waals surface area contributed by atoms with E-state index in [-0.39, 0.29) is 11.6 Å². The van der Waals surface area contributed by atoms with E-state index < -0.39 is 6.10 Å². The fourth-order valence-electron chi connectivity index (χ4n) is 2.43. The van der Waals surface area contributed by atoms with Gasteiger partial charge in [-0.1, -0.05) is 12.1 Å². The number of benzene rings is 1. The molecule has 0 radical (unpaired) electrons. The topological polar surface area (TPSA) is 32.3 Å². The van der Waals surface area contributed by atoms with Crippen molar-refractivity contribution in [2.75, 3.05) is 6.26 Å². The van der Waals surface area contributed by atoms with E-state index in [4.69, 9.17) is 0 Å². The maximum Gasteiger partial charge on any atom is 0.0943 e. The van der Waals surface area contributed by atoms with Crippen molar-refractivity contribution in [2.45, 2.75) is 49.3 Å². The minimum Gasteiger partial charge on any atom is -0.387 e. The van der Waals surface area contributed by atoms with Gasteiger partial charge in [-0.05, 0) is 50.6 Å². The molecule has 1 unspecified atom stereocenters. The van der Waals surface area contributed by atoms with E-state index in [1.165, 1.54) is 4.90 Å². The fourth-order valence-corrected chi connectivity index (χ4v) is 2.84. The summed E-state index contributed by atoms with van der Waals surface area (Å²) in [6.45, 7) is 4.38. The lowest BCUT2D eigenvalue weighted by Gasteiger charge is -2.24. The summed E-state index contributed by atoms with van der Waals surface area (Å²) in [5, 5.41) is 13.8. The van der Waals surface area contributed by atoms with Crippen LogP contribution < -0.4 is 5.32 Å². The number of nitrogens with one attached hydrogen (secondary N) is 1. The predicted molar refractivity (Wildman–Crippen MR) is 73.4 cm³/mol. The van der Waals surface area contributed by atoms with Crippen LogP contribution in [0.15, 0.2) is 29.2 Å². The predicted octanol–water partition coefficient (Wildman–Crippen LogP) is 2.97. The summed E-state index contributed by atoms with van der Waals surface area (Å²) in [7, 11) is 0. The highest BCUT2D eigenvalue weighted by Gasteiger charge is 2.34. The fraction of sp³-hybridized carbons (Fsp3) is 0.571. The molecule has 94 valence electrons. The van der Waals surface area contributed by atoms with Gasteiger partial charge in [-0.15, -0.1) is 11.8 Å². The molecule has 1 heterocycles. The summed E-state index contributed by atoms with van der Waals surface area (Å²) in [6, 6.07) is 8.39. The average molecular weight is 251 g/mol.